The fourth-order valence-electron chi connectivity index (χ4n) is 1.30. The Labute approximate surface area is 113 Å². The Hall–Kier alpha value is -1.72. The van der Waals surface area contributed by atoms with E-state index in [4.69, 9.17) is 11.6 Å². The fourth-order valence-corrected chi connectivity index (χ4v) is 2.27. The van der Waals surface area contributed by atoms with Crippen molar-refractivity contribution in [2.24, 2.45) is 0 Å². The third kappa shape index (κ3) is 2.75. The number of thiazole rings is 1. The molecule has 18 heavy (non-hydrogen) atoms. The van der Waals surface area contributed by atoms with Gasteiger partial charge in [-0.15, -0.1) is 11.3 Å². The number of benzene rings is 1. The molecule has 1 N–H and O–H groups in total. The first-order chi connectivity index (χ1) is 8.58. The largest absolute Gasteiger partial charge is 0.298 e. The zero-order valence-corrected chi connectivity index (χ0v) is 11.0. The number of nitrogens with zero attached hydrogens (tertiary/aromatic N) is 1. The first-order valence-electron chi connectivity index (χ1n) is 5.10. The molecule has 1 heterocycles. The molecule has 0 atom stereocenters. The summed E-state index contributed by atoms with van der Waals surface area (Å²) in [5.74, 6) is -0.477. The molecule has 0 radical (unpaired) electrons. The minimum absolute atomic E-state index is 0.135. The highest BCUT2D eigenvalue weighted by Gasteiger charge is 2.12. The van der Waals surface area contributed by atoms with E-state index in [0.717, 1.165) is 0 Å². The second-order valence-corrected chi connectivity index (χ2v) is 4.79. The van der Waals surface area contributed by atoms with Gasteiger partial charge in [0.05, 0.1) is 10.6 Å². The maximum absolute atomic E-state index is 11.9. The summed E-state index contributed by atoms with van der Waals surface area (Å²) in [5, 5.41) is 4.96. The van der Waals surface area contributed by atoms with Crippen LogP contribution < -0.4 is 5.32 Å². The molecule has 0 saturated heterocycles. The number of hydrogen-bond acceptors (Lipinski definition) is 4. The van der Waals surface area contributed by atoms with Gasteiger partial charge in [0, 0.05) is 12.3 Å². The minimum Gasteiger partial charge on any atom is -0.298 e. The van der Waals surface area contributed by atoms with E-state index in [-0.39, 0.29) is 11.7 Å². The van der Waals surface area contributed by atoms with Crippen molar-refractivity contribution in [3.63, 3.8) is 0 Å². The Balaban J connectivity index is 2.16. The number of rotatable bonds is 3. The number of ketones is 1. The van der Waals surface area contributed by atoms with Gasteiger partial charge >= 0.3 is 0 Å². The zero-order chi connectivity index (χ0) is 13.1. The van der Waals surface area contributed by atoms with Crippen LogP contribution in [0.3, 0.4) is 0 Å². The second kappa shape index (κ2) is 5.29. The number of hydrogen-bond donors (Lipinski definition) is 1. The fraction of sp³-hybridized carbons (Fsp3) is 0.0833. The predicted molar refractivity (Wildman–Crippen MR) is 71.5 cm³/mol. The maximum atomic E-state index is 11.9. The molecule has 92 valence electrons. The molecule has 1 aromatic heterocycles. The first kappa shape index (κ1) is 12.7. The Morgan fingerprint density at radius 3 is 2.67 bits per heavy atom. The van der Waals surface area contributed by atoms with E-state index in [1.165, 1.54) is 18.3 Å². The third-order valence-electron chi connectivity index (χ3n) is 2.20. The summed E-state index contributed by atoms with van der Waals surface area (Å²) < 4.78 is 0. The first-order valence-corrected chi connectivity index (χ1v) is 6.36. The summed E-state index contributed by atoms with van der Waals surface area (Å²) in [5.41, 5.74) is 0.716. The topological polar surface area (TPSA) is 59.1 Å². The normalized spacial score (nSPS) is 10.1. The van der Waals surface area contributed by atoms with Crippen molar-refractivity contribution in [1.82, 2.24) is 4.98 Å². The average molecular weight is 281 g/mol. The van der Waals surface area contributed by atoms with Crippen LogP contribution in [-0.4, -0.2) is 16.7 Å². The number of carbonyl (C=O) groups excluding carboxylic acids is 2. The second-order valence-electron chi connectivity index (χ2n) is 3.53. The van der Waals surface area contributed by atoms with Gasteiger partial charge in [-0.05, 0) is 12.1 Å². The molecular formula is C12H9ClN2O2S. The van der Waals surface area contributed by atoms with Gasteiger partial charge in [-0.3, -0.25) is 14.9 Å². The van der Waals surface area contributed by atoms with Crippen molar-refractivity contribution in [1.29, 1.82) is 0 Å². The minimum atomic E-state index is -0.343. The highest BCUT2D eigenvalue weighted by Crippen LogP contribution is 2.19. The Bertz CT molecular complexity index is 610. The molecule has 1 amide bonds. The molecule has 2 aromatic rings. The van der Waals surface area contributed by atoms with Gasteiger partial charge in [0.1, 0.15) is 5.69 Å². The van der Waals surface area contributed by atoms with Crippen LogP contribution in [0.1, 0.15) is 27.8 Å². The van der Waals surface area contributed by atoms with Gasteiger partial charge in [-0.2, -0.15) is 0 Å². The molecule has 4 nitrogen and oxygen atoms in total. The van der Waals surface area contributed by atoms with Gasteiger partial charge in [-0.25, -0.2) is 4.98 Å². The Morgan fingerprint density at radius 1 is 1.33 bits per heavy atom. The molecule has 0 fully saturated rings. The van der Waals surface area contributed by atoms with Crippen LogP contribution in [0, 0.1) is 0 Å². The molecule has 0 spiro atoms. The zero-order valence-electron chi connectivity index (χ0n) is 9.44. The summed E-state index contributed by atoms with van der Waals surface area (Å²) >= 11 is 7.11. The van der Waals surface area contributed by atoms with Crippen LogP contribution in [0.5, 0.6) is 0 Å². The smallest absolute Gasteiger partial charge is 0.258 e. The summed E-state index contributed by atoms with van der Waals surface area (Å²) in [6, 6.07) is 6.73. The van der Waals surface area contributed by atoms with Crippen LogP contribution >= 0.6 is 22.9 Å². The molecule has 6 heteroatoms. The van der Waals surface area contributed by atoms with Crippen molar-refractivity contribution in [3.05, 3.63) is 45.9 Å². The number of nitrogens with one attached hydrogen (secondary N) is 1. The van der Waals surface area contributed by atoms with Crippen molar-refractivity contribution >= 4 is 39.8 Å². The van der Waals surface area contributed by atoms with E-state index in [0.29, 0.717) is 21.4 Å². The van der Waals surface area contributed by atoms with Crippen LogP contribution in [0.2, 0.25) is 5.02 Å². The number of anilines is 1. The van der Waals surface area contributed by atoms with E-state index >= 15 is 0 Å². The summed E-state index contributed by atoms with van der Waals surface area (Å²) in [6.45, 7) is 1.43. The number of carbonyl (C=O) groups is 2. The average Bonchev–Trinajstić information content (AvgIpc) is 2.78. The number of amides is 1. The van der Waals surface area contributed by atoms with Crippen molar-refractivity contribution in [3.8, 4) is 0 Å². The van der Waals surface area contributed by atoms with Crippen molar-refractivity contribution < 1.29 is 9.59 Å². The molecule has 0 aliphatic rings. The molecule has 0 aliphatic heterocycles. The number of aromatic nitrogens is 1. The summed E-state index contributed by atoms with van der Waals surface area (Å²) in [7, 11) is 0. The summed E-state index contributed by atoms with van der Waals surface area (Å²) in [4.78, 5) is 27.0. The summed E-state index contributed by atoms with van der Waals surface area (Å²) in [6.07, 6.45) is 0. The lowest BCUT2D eigenvalue weighted by molar-refractivity contribution is 0.100. The number of Topliss-reactive ketones (excluding diaryl/α,β-unsaturated/α-hetero) is 1. The molecule has 0 saturated carbocycles. The SMILES string of the molecule is CC(=O)c1csc(NC(=O)c2ccccc2Cl)n1. The van der Waals surface area contributed by atoms with E-state index in [1.807, 2.05) is 0 Å². The molecule has 0 bridgehead atoms. The molecule has 0 aliphatic carbocycles. The molecule has 0 unspecified atom stereocenters. The van der Waals surface area contributed by atoms with E-state index in [1.54, 1.807) is 29.6 Å². The highest BCUT2D eigenvalue weighted by molar-refractivity contribution is 7.14. The third-order valence-corrected chi connectivity index (χ3v) is 3.29. The Morgan fingerprint density at radius 2 is 2.06 bits per heavy atom. The maximum Gasteiger partial charge on any atom is 0.258 e. The molecule has 2 rings (SSSR count). The standard InChI is InChI=1S/C12H9ClN2O2S/c1-7(16)10-6-18-12(14-10)15-11(17)8-4-2-3-5-9(8)13/h2-6H,1H3,(H,14,15,17). The quantitative estimate of drug-likeness (QED) is 0.878. The monoisotopic (exact) mass is 280 g/mol. The van der Waals surface area contributed by atoms with E-state index in [9.17, 15) is 9.59 Å². The van der Waals surface area contributed by atoms with Crippen LogP contribution in [0.4, 0.5) is 5.13 Å². The van der Waals surface area contributed by atoms with Gasteiger partial charge < -0.3 is 0 Å². The van der Waals surface area contributed by atoms with Crippen molar-refractivity contribution in [2.75, 3.05) is 5.32 Å². The highest BCUT2D eigenvalue weighted by atomic mass is 35.5. The van der Waals surface area contributed by atoms with Crippen LogP contribution in [0.25, 0.3) is 0 Å². The predicted octanol–water partition coefficient (Wildman–Crippen LogP) is 3.25. The van der Waals surface area contributed by atoms with Gasteiger partial charge in [0.15, 0.2) is 10.9 Å². The van der Waals surface area contributed by atoms with Crippen LogP contribution in [0.15, 0.2) is 29.6 Å². The molecular weight excluding hydrogens is 272 g/mol. The van der Waals surface area contributed by atoms with Gasteiger partial charge in [0.25, 0.3) is 5.91 Å². The van der Waals surface area contributed by atoms with E-state index in [2.05, 4.69) is 10.3 Å². The van der Waals surface area contributed by atoms with Gasteiger partial charge in [0.2, 0.25) is 0 Å². The van der Waals surface area contributed by atoms with E-state index < -0.39 is 0 Å². The lowest BCUT2D eigenvalue weighted by atomic mass is 10.2. The molecule has 1 aromatic carbocycles. The number of halogens is 1. The van der Waals surface area contributed by atoms with Crippen molar-refractivity contribution in [2.45, 2.75) is 6.92 Å². The van der Waals surface area contributed by atoms with Crippen LogP contribution in [-0.2, 0) is 0 Å². The van der Waals surface area contributed by atoms with Gasteiger partial charge in [-0.1, -0.05) is 23.7 Å². The lowest BCUT2D eigenvalue weighted by Crippen LogP contribution is -2.12. The lowest BCUT2D eigenvalue weighted by Gasteiger charge is -2.03. The Kier molecular flexibility index (Phi) is 3.74.